The van der Waals surface area contributed by atoms with Gasteiger partial charge in [-0.3, -0.25) is 15.1 Å². The van der Waals surface area contributed by atoms with Crippen molar-refractivity contribution in [3.05, 3.63) is 51.7 Å². The Morgan fingerprint density at radius 3 is 3.00 bits per heavy atom. The lowest BCUT2D eigenvalue weighted by Crippen LogP contribution is -1.88. The van der Waals surface area contributed by atoms with E-state index in [1.807, 2.05) is 6.07 Å². The van der Waals surface area contributed by atoms with Gasteiger partial charge in [-0.05, 0) is 11.5 Å². The molecule has 0 saturated heterocycles. The number of nitro groups is 1. The van der Waals surface area contributed by atoms with Crippen LogP contribution < -0.4 is 0 Å². The number of nitrogens with one attached hydrogen (secondary N) is 1. The van der Waals surface area contributed by atoms with Crippen LogP contribution in [0.25, 0.3) is 10.9 Å². The van der Waals surface area contributed by atoms with Crippen molar-refractivity contribution in [1.29, 1.82) is 0 Å². The number of H-pyrrole nitrogens is 1. The number of rotatable bonds is 3. The number of non-ortho nitro benzene ring substituents is 1. The maximum absolute atomic E-state index is 10.8. The van der Waals surface area contributed by atoms with E-state index in [1.54, 1.807) is 18.3 Å². The smallest absolute Gasteiger partial charge is 0.293 e. The molecule has 1 aromatic carbocycles. The second-order valence-corrected chi connectivity index (χ2v) is 3.60. The molecule has 1 aromatic heterocycles. The Morgan fingerprint density at radius 2 is 2.29 bits per heavy atom. The van der Waals surface area contributed by atoms with E-state index in [4.69, 9.17) is 0 Å². The highest BCUT2D eigenvalue weighted by Crippen LogP contribution is 2.24. The van der Waals surface area contributed by atoms with Gasteiger partial charge in [0.25, 0.3) is 5.69 Å². The molecule has 2 rings (SSSR count). The van der Waals surface area contributed by atoms with Gasteiger partial charge in [0.15, 0.2) is 0 Å². The number of para-hydroxylation sites is 1. The molecule has 86 valence electrons. The van der Waals surface area contributed by atoms with Gasteiger partial charge >= 0.3 is 0 Å². The minimum Gasteiger partial charge on any atom is -0.348 e. The Bertz CT molecular complexity index is 616. The van der Waals surface area contributed by atoms with E-state index < -0.39 is 4.92 Å². The molecule has 2 aromatic rings. The highest BCUT2D eigenvalue weighted by Gasteiger charge is 2.12. The SMILES string of the molecule is O=[N+]([O-])c1cccc2cc(C=N/C=C\S)[nH]c12. The number of benzene rings is 1. The number of aromatic amines is 1. The van der Waals surface area contributed by atoms with Crippen molar-refractivity contribution in [2.24, 2.45) is 4.99 Å². The zero-order valence-electron chi connectivity index (χ0n) is 8.70. The molecule has 0 amide bonds. The fourth-order valence-corrected chi connectivity index (χ4v) is 1.62. The number of hydrogen-bond donors (Lipinski definition) is 2. The van der Waals surface area contributed by atoms with Gasteiger partial charge in [0, 0.05) is 17.7 Å². The molecule has 0 fully saturated rings. The summed E-state index contributed by atoms with van der Waals surface area (Å²) in [6.45, 7) is 0. The standard InChI is InChI=1S/C11H9N3O2S/c15-14(16)10-3-1-2-8-6-9(13-11(8)10)7-12-4-5-17/h1-7,13,17H/b5-4-,12-7?. The van der Waals surface area contributed by atoms with Crippen LogP contribution in [0.4, 0.5) is 5.69 Å². The number of aromatic nitrogens is 1. The first-order valence-electron chi connectivity index (χ1n) is 4.81. The van der Waals surface area contributed by atoms with Crippen molar-refractivity contribution in [2.75, 3.05) is 0 Å². The zero-order chi connectivity index (χ0) is 12.3. The van der Waals surface area contributed by atoms with Crippen LogP contribution in [0.3, 0.4) is 0 Å². The van der Waals surface area contributed by atoms with E-state index in [0.717, 1.165) is 5.39 Å². The lowest BCUT2D eigenvalue weighted by Gasteiger charge is -1.92. The van der Waals surface area contributed by atoms with E-state index in [0.29, 0.717) is 11.2 Å². The summed E-state index contributed by atoms with van der Waals surface area (Å²) in [5.74, 6) is 0. The molecule has 17 heavy (non-hydrogen) atoms. The summed E-state index contributed by atoms with van der Waals surface area (Å²) >= 11 is 3.87. The van der Waals surface area contributed by atoms with Crippen molar-refractivity contribution >= 4 is 35.4 Å². The van der Waals surface area contributed by atoms with E-state index in [1.165, 1.54) is 17.7 Å². The fraction of sp³-hybridized carbons (Fsp3) is 0. The summed E-state index contributed by atoms with van der Waals surface area (Å²) in [6, 6.07) is 6.74. The molecule has 5 nitrogen and oxygen atoms in total. The molecular formula is C11H9N3O2S. The molecule has 0 saturated carbocycles. The molecule has 0 aliphatic heterocycles. The molecule has 0 spiro atoms. The Morgan fingerprint density at radius 1 is 1.47 bits per heavy atom. The molecule has 0 unspecified atom stereocenters. The Kier molecular flexibility index (Phi) is 3.24. The third-order valence-corrected chi connectivity index (χ3v) is 2.35. The molecular weight excluding hydrogens is 238 g/mol. The van der Waals surface area contributed by atoms with Crippen LogP contribution in [0.5, 0.6) is 0 Å². The van der Waals surface area contributed by atoms with Crippen molar-refractivity contribution in [1.82, 2.24) is 4.98 Å². The predicted octanol–water partition coefficient (Wildman–Crippen LogP) is 2.90. The fourth-order valence-electron chi connectivity index (χ4n) is 1.55. The summed E-state index contributed by atoms with van der Waals surface area (Å²) in [6.07, 6.45) is 3.10. The lowest BCUT2D eigenvalue weighted by atomic mass is 10.2. The van der Waals surface area contributed by atoms with Crippen LogP contribution in [-0.4, -0.2) is 16.1 Å². The summed E-state index contributed by atoms with van der Waals surface area (Å²) in [5.41, 5.74) is 1.28. The maximum Gasteiger partial charge on any atom is 0.293 e. The van der Waals surface area contributed by atoms with Crippen LogP contribution >= 0.6 is 12.6 Å². The topological polar surface area (TPSA) is 71.3 Å². The van der Waals surface area contributed by atoms with Gasteiger partial charge in [0.1, 0.15) is 5.52 Å². The predicted molar refractivity (Wildman–Crippen MR) is 70.7 cm³/mol. The van der Waals surface area contributed by atoms with Crippen LogP contribution in [0.2, 0.25) is 0 Å². The van der Waals surface area contributed by atoms with Crippen LogP contribution in [0, 0.1) is 10.1 Å². The number of hydrogen-bond acceptors (Lipinski definition) is 4. The van der Waals surface area contributed by atoms with E-state index in [9.17, 15) is 10.1 Å². The van der Waals surface area contributed by atoms with Crippen LogP contribution in [0.15, 0.2) is 40.9 Å². The maximum atomic E-state index is 10.8. The molecule has 6 heteroatoms. The number of fused-ring (bicyclic) bond motifs is 1. The van der Waals surface area contributed by atoms with Gasteiger partial charge in [-0.15, -0.1) is 12.6 Å². The summed E-state index contributed by atoms with van der Waals surface area (Å²) in [7, 11) is 0. The summed E-state index contributed by atoms with van der Waals surface area (Å²) < 4.78 is 0. The third kappa shape index (κ3) is 2.36. The lowest BCUT2D eigenvalue weighted by molar-refractivity contribution is -0.383. The van der Waals surface area contributed by atoms with Gasteiger partial charge in [-0.1, -0.05) is 12.1 Å². The third-order valence-electron chi connectivity index (χ3n) is 2.22. The monoisotopic (exact) mass is 247 g/mol. The number of nitrogens with zero attached hydrogens (tertiary/aromatic N) is 2. The molecule has 0 aliphatic carbocycles. The van der Waals surface area contributed by atoms with E-state index >= 15 is 0 Å². The molecule has 0 atom stereocenters. The van der Waals surface area contributed by atoms with Crippen molar-refractivity contribution in [2.45, 2.75) is 0 Å². The minimum absolute atomic E-state index is 0.0619. The number of thiol groups is 1. The van der Waals surface area contributed by atoms with Gasteiger partial charge in [0.2, 0.25) is 0 Å². The first kappa shape index (κ1) is 11.4. The van der Waals surface area contributed by atoms with Gasteiger partial charge < -0.3 is 4.98 Å². The minimum atomic E-state index is -0.409. The van der Waals surface area contributed by atoms with Crippen LogP contribution in [-0.2, 0) is 0 Å². The largest absolute Gasteiger partial charge is 0.348 e. The van der Waals surface area contributed by atoms with Crippen molar-refractivity contribution in [3.8, 4) is 0 Å². The second-order valence-electron chi connectivity index (χ2n) is 3.30. The summed E-state index contributed by atoms with van der Waals surface area (Å²) in [4.78, 5) is 17.3. The summed E-state index contributed by atoms with van der Waals surface area (Å²) in [5, 5.41) is 13.1. The molecule has 1 N–H and O–H groups in total. The Labute approximate surface area is 102 Å². The van der Waals surface area contributed by atoms with Gasteiger partial charge in [0.05, 0.1) is 16.8 Å². The average molecular weight is 247 g/mol. The van der Waals surface area contributed by atoms with Crippen molar-refractivity contribution < 1.29 is 4.92 Å². The zero-order valence-corrected chi connectivity index (χ0v) is 9.59. The molecule has 0 bridgehead atoms. The highest BCUT2D eigenvalue weighted by molar-refractivity contribution is 7.83. The average Bonchev–Trinajstić information content (AvgIpc) is 2.71. The Balaban J connectivity index is 2.50. The van der Waals surface area contributed by atoms with Crippen LogP contribution in [0.1, 0.15) is 5.69 Å². The normalized spacial score (nSPS) is 11.8. The first-order valence-corrected chi connectivity index (χ1v) is 5.32. The van der Waals surface area contributed by atoms with E-state index in [2.05, 4.69) is 22.6 Å². The molecule has 1 heterocycles. The highest BCUT2D eigenvalue weighted by atomic mass is 32.1. The molecule has 0 radical (unpaired) electrons. The quantitative estimate of drug-likeness (QED) is 0.379. The van der Waals surface area contributed by atoms with E-state index in [-0.39, 0.29) is 5.69 Å². The van der Waals surface area contributed by atoms with Crippen molar-refractivity contribution in [3.63, 3.8) is 0 Å². The number of aliphatic imine (C=N–C) groups is 1. The Hall–Kier alpha value is -2.08. The van der Waals surface area contributed by atoms with Gasteiger partial charge in [-0.25, -0.2) is 0 Å². The van der Waals surface area contributed by atoms with Gasteiger partial charge in [-0.2, -0.15) is 0 Å². The first-order chi connectivity index (χ1) is 8.22. The molecule has 0 aliphatic rings. The second kappa shape index (κ2) is 4.84. The number of nitro benzene ring substituents is 1.